The van der Waals surface area contributed by atoms with Gasteiger partial charge >= 0.3 is 0 Å². The summed E-state index contributed by atoms with van der Waals surface area (Å²) < 4.78 is 38.7. The molecular weight excluding hydrogens is 241 g/mol. The number of nitrogens with zero attached hydrogens (tertiary/aromatic N) is 1. The van der Waals surface area contributed by atoms with E-state index in [-0.39, 0.29) is 5.82 Å². The second-order valence-corrected chi connectivity index (χ2v) is 3.75. The molecule has 1 N–H and O–H groups in total. The maximum Gasteiger partial charge on any atom is 0.251 e. The molecule has 0 aliphatic heterocycles. The van der Waals surface area contributed by atoms with Crippen molar-refractivity contribution in [3.8, 4) is 0 Å². The van der Waals surface area contributed by atoms with Crippen molar-refractivity contribution in [1.29, 1.82) is 0 Å². The van der Waals surface area contributed by atoms with Gasteiger partial charge in [0.05, 0.1) is 0 Å². The summed E-state index contributed by atoms with van der Waals surface area (Å²) in [6, 6.07) is 10.0. The summed E-state index contributed by atoms with van der Waals surface area (Å²) in [6.45, 7) is 0.388. The maximum absolute atomic E-state index is 13.2. The molecule has 94 valence electrons. The third kappa shape index (κ3) is 3.00. The number of nitrogens with one attached hydrogen (secondary N) is 1. The lowest BCUT2D eigenvalue weighted by Gasteiger charge is -2.07. The van der Waals surface area contributed by atoms with Crippen LogP contribution in [0.4, 0.5) is 19.0 Å². The molecule has 0 aliphatic rings. The molecule has 0 atom stereocenters. The summed E-state index contributed by atoms with van der Waals surface area (Å²) in [6.07, 6.45) is 0.640. The third-order valence-corrected chi connectivity index (χ3v) is 2.44. The van der Waals surface area contributed by atoms with Gasteiger partial charge in [-0.05, 0) is 12.0 Å². The molecule has 1 aromatic heterocycles. The van der Waals surface area contributed by atoms with Gasteiger partial charge in [-0.1, -0.05) is 30.3 Å². The van der Waals surface area contributed by atoms with Crippen molar-refractivity contribution in [2.75, 3.05) is 11.9 Å². The molecule has 0 unspecified atom stereocenters. The largest absolute Gasteiger partial charge is 0.367 e. The molecule has 0 fully saturated rings. The standard InChI is InChI=1S/C13H11F3N2/c14-10-8-11(15)13(18-12(10)16)17-7-6-9-4-2-1-3-5-9/h1-5,8H,6-7H2,(H,17,18). The van der Waals surface area contributed by atoms with E-state index in [2.05, 4.69) is 10.3 Å². The van der Waals surface area contributed by atoms with E-state index in [1.54, 1.807) is 0 Å². The maximum atomic E-state index is 13.2. The van der Waals surface area contributed by atoms with Crippen molar-refractivity contribution in [1.82, 2.24) is 4.98 Å². The molecule has 0 amide bonds. The van der Waals surface area contributed by atoms with E-state index in [4.69, 9.17) is 0 Å². The van der Waals surface area contributed by atoms with Gasteiger partial charge < -0.3 is 5.32 Å². The van der Waals surface area contributed by atoms with Crippen LogP contribution in [-0.4, -0.2) is 11.5 Å². The molecule has 0 aliphatic carbocycles. The third-order valence-electron chi connectivity index (χ3n) is 2.44. The summed E-state index contributed by atoms with van der Waals surface area (Å²) in [7, 11) is 0. The molecule has 5 heteroatoms. The van der Waals surface area contributed by atoms with E-state index < -0.39 is 17.6 Å². The number of benzene rings is 1. The van der Waals surface area contributed by atoms with Crippen LogP contribution < -0.4 is 5.32 Å². The first-order valence-corrected chi connectivity index (χ1v) is 5.46. The summed E-state index contributed by atoms with van der Waals surface area (Å²) in [5.74, 6) is -3.77. The highest BCUT2D eigenvalue weighted by Gasteiger charge is 2.10. The van der Waals surface area contributed by atoms with Crippen LogP contribution >= 0.6 is 0 Å². The van der Waals surface area contributed by atoms with Crippen LogP contribution in [-0.2, 0) is 6.42 Å². The average Bonchev–Trinajstić information content (AvgIpc) is 2.37. The van der Waals surface area contributed by atoms with E-state index in [9.17, 15) is 13.2 Å². The highest BCUT2D eigenvalue weighted by Crippen LogP contribution is 2.14. The van der Waals surface area contributed by atoms with Gasteiger partial charge in [-0.2, -0.15) is 9.37 Å². The second kappa shape index (κ2) is 5.53. The van der Waals surface area contributed by atoms with Crippen molar-refractivity contribution < 1.29 is 13.2 Å². The SMILES string of the molecule is Fc1cc(F)c(NCCc2ccccc2)nc1F. The van der Waals surface area contributed by atoms with E-state index in [1.165, 1.54) is 0 Å². The number of aromatic nitrogens is 1. The van der Waals surface area contributed by atoms with Gasteiger partial charge in [0.2, 0.25) is 0 Å². The minimum absolute atomic E-state index is 0.273. The van der Waals surface area contributed by atoms with Crippen molar-refractivity contribution >= 4 is 5.82 Å². The topological polar surface area (TPSA) is 24.9 Å². The Bertz CT molecular complexity index is 529. The zero-order chi connectivity index (χ0) is 13.0. The van der Waals surface area contributed by atoms with Crippen molar-refractivity contribution in [3.63, 3.8) is 0 Å². The van der Waals surface area contributed by atoms with Crippen LogP contribution in [0.3, 0.4) is 0 Å². The molecule has 1 aromatic carbocycles. The van der Waals surface area contributed by atoms with Gasteiger partial charge in [0.25, 0.3) is 5.95 Å². The lowest BCUT2D eigenvalue weighted by Crippen LogP contribution is -2.09. The van der Waals surface area contributed by atoms with Gasteiger partial charge in [-0.25, -0.2) is 8.78 Å². The monoisotopic (exact) mass is 252 g/mol. The number of anilines is 1. The molecule has 0 radical (unpaired) electrons. The normalized spacial score (nSPS) is 10.4. The van der Waals surface area contributed by atoms with Crippen molar-refractivity contribution in [2.24, 2.45) is 0 Å². The minimum atomic E-state index is -1.31. The molecule has 18 heavy (non-hydrogen) atoms. The minimum Gasteiger partial charge on any atom is -0.367 e. The first kappa shape index (κ1) is 12.4. The predicted octanol–water partition coefficient (Wildman–Crippen LogP) is 3.15. The Labute approximate surface area is 102 Å². The first-order valence-electron chi connectivity index (χ1n) is 5.46. The van der Waals surface area contributed by atoms with Gasteiger partial charge in [-0.15, -0.1) is 0 Å². The Morgan fingerprint density at radius 3 is 2.44 bits per heavy atom. The molecule has 2 nitrogen and oxygen atoms in total. The number of hydrogen-bond acceptors (Lipinski definition) is 2. The molecule has 0 spiro atoms. The van der Waals surface area contributed by atoms with E-state index in [1.807, 2.05) is 30.3 Å². The number of rotatable bonds is 4. The molecule has 2 rings (SSSR count). The van der Waals surface area contributed by atoms with E-state index in [0.29, 0.717) is 19.0 Å². The number of pyridine rings is 1. The van der Waals surface area contributed by atoms with Crippen molar-refractivity contribution in [2.45, 2.75) is 6.42 Å². The summed E-state index contributed by atoms with van der Waals surface area (Å²) in [5.41, 5.74) is 1.06. The smallest absolute Gasteiger partial charge is 0.251 e. The molecule has 2 aromatic rings. The fourth-order valence-corrected chi connectivity index (χ4v) is 1.54. The van der Waals surface area contributed by atoms with Crippen LogP contribution in [0.15, 0.2) is 36.4 Å². The van der Waals surface area contributed by atoms with Gasteiger partial charge in [0.15, 0.2) is 17.5 Å². The highest BCUT2D eigenvalue weighted by molar-refractivity contribution is 5.36. The Hall–Kier alpha value is -2.04. The van der Waals surface area contributed by atoms with E-state index in [0.717, 1.165) is 5.56 Å². The zero-order valence-electron chi connectivity index (χ0n) is 9.46. The van der Waals surface area contributed by atoms with Crippen LogP contribution in [0.1, 0.15) is 5.56 Å². The predicted molar refractivity (Wildman–Crippen MR) is 62.7 cm³/mol. The van der Waals surface area contributed by atoms with Crippen LogP contribution in [0.5, 0.6) is 0 Å². The van der Waals surface area contributed by atoms with Crippen molar-refractivity contribution in [3.05, 3.63) is 59.5 Å². The summed E-state index contributed by atoms with van der Waals surface area (Å²) in [4.78, 5) is 3.18. The average molecular weight is 252 g/mol. The Morgan fingerprint density at radius 2 is 1.72 bits per heavy atom. The molecule has 0 saturated heterocycles. The van der Waals surface area contributed by atoms with Crippen LogP contribution in [0, 0.1) is 17.6 Å². The van der Waals surface area contributed by atoms with Crippen LogP contribution in [0.25, 0.3) is 0 Å². The Balaban J connectivity index is 1.97. The quantitative estimate of drug-likeness (QED) is 0.845. The highest BCUT2D eigenvalue weighted by atomic mass is 19.2. The Kier molecular flexibility index (Phi) is 3.82. The Morgan fingerprint density at radius 1 is 1.00 bits per heavy atom. The number of halogens is 3. The first-order chi connectivity index (χ1) is 8.66. The second-order valence-electron chi connectivity index (χ2n) is 3.75. The molecular formula is C13H11F3N2. The van der Waals surface area contributed by atoms with Gasteiger partial charge in [-0.3, -0.25) is 0 Å². The van der Waals surface area contributed by atoms with Gasteiger partial charge in [0.1, 0.15) is 0 Å². The summed E-state index contributed by atoms with van der Waals surface area (Å²) in [5, 5.41) is 2.64. The number of hydrogen-bond donors (Lipinski definition) is 1. The fraction of sp³-hybridized carbons (Fsp3) is 0.154. The van der Waals surface area contributed by atoms with Gasteiger partial charge in [0, 0.05) is 12.6 Å². The molecule has 0 saturated carbocycles. The lowest BCUT2D eigenvalue weighted by molar-refractivity contribution is 0.466. The summed E-state index contributed by atoms with van der Waals surface area (Å²) >= 11 is 0. The van der Waals surface area contributed by atoms with E-state index >= 15 is 0 Å². The lowest BCUT2D eigenvalue weighted by atomic mass is 10.1. The molecule has 0 bridgehead atoms. The van der Waals surface area contributed by atoms with Crippen LogP contribution in [0.2, 0.25) is 0 Å². The fourth-order valence-electron chi connectivity index (χ4n) is 1.54. The molecule has 1 heterocycles. The zero-order valence-corrected chi connectivity index (χ0v) is 9.46.